The van der Waals surface area contributed by atoms with Crippen molar-refractivity contribution in [2.45, 2.75) is 4.90 Å². The van der Waals surface area contributed by atoms with Crippen LogP contribution in [0.4, 0.5) is 5.82 Å². The van der Waals surface area contributed by atoms with Crippen molar-refractivity contribution in [1.29, 1.82) is 0 Å². The summed E-state index contributed by atoms with van der Waals surface area (Å²) in [4.78, 5) is 9.45. The summed E-state index contributed by atoms with van der Waals surface area (Å²) >= 11 is 0. The Morgan fingerprint density at radius 3 is 2.65 bits per heavy atom. The fourth-order valence-electron chi connectivity index (χ4n) is 2.32. The van der Waals surface area contributed by atoms with Gasteiger partial charge in [0.2, 0.25) is 0 Å². The smallest absolute Gasteiger partial charge is 0.150 e. The van der Waals surface area contributed by atoms with E-state index in [4.69, 9.17) is 5.73 Å². The summed E-state index contributed by atoms with van der Waals surface area (Å²) in [6.07, 6.45) is 3.19. The summed E-state index contributed by atoms with van der Waals surface area (Å²) in [6.45, 7) is 0. The standard InChI is InChI=1S/C17H15N3O2S/c1-23(22)15-8-3-2-7-13(15)14-10-19-17(18)16(20-14)11-5-4-6-12(21)9-11/h2-10,21H,1H3,(H2,18,19). The van der Waals surface area contributed by atoms with Crippen LogP contribution in [0, 0.1) is 0 Å². The third-order valence-corrected chi connectivity index (χ3v) is 4.37. The topological polar surface area (TPSA) is 89.1 Å². The van der Waals surface area contributed by atoms with Gasteiger partial charge in [-0.05, 0) is 18.2 Å². The van der Waals surface area contributed by atoms with Gasteiger partial charge in [-0.15, -0.1) is 0 Å². The molecule has 0 aliphatic heterocycles. The van der Waals surface area contributed by atoms with Crippen LogP contribution in [0.1, 0.15) is 0 Å². The van der Waals surface area contributed by atoms with Crippen molar-refractivity contribution in [2.75, 3.05) is 12.0 Å². The number of nitrogens with two attached hydrogens (primary N) is 1. The van der Waals surface area contributed by atoms with E-state index in [0.717, 1.165) is 5.56 Å². The summed E-state index contributed by atoms with van der Waals surface area (Å²) in [5.74, 6) is 0.401. The van der Waals surface area contributed by atoms with Crippen LogP contribution in [-0.2, 0) is 10.8 Å². The summed E-state index contributed by atoms with van der Waals surface area (Å²) in [5, 5.41) is 9.64. The lowest BCUT2D eigenvalue weighted by molar-refractivity contribution is 0.475. The van der Waals surface area contributed by atoms with E-state index in [2.05, 4.69) is 9.97 Å². The molecule has 1 heterocycles. The first-order chi connectivity index (χ1) is 11.1. The van der Waals surface area contributed by atoms with Gasteiger partial charge in [0.15, 0.2) is 0 Å². The molecule has 1 unspecified atom stereocenters. The third-order valence-electron chi connectivity index (χ3n) is 3.39. The monoisotopic (exact) mass is 325 g/mol. The average molecular weight is 325 g/mol. The fraction of sp³-hybridized carbons (Fsp3) is 0.0588. The van der Waals surface area contributed by atoms with Gasteiger partial charge in [0, 0.05) is 22.3 Å². The fourth-order valence-corrected chi connectivity index (χ4v) is 3.08. The molecular formula is C17H15N3O2S. The minimum atomic E-state index is -1.14. The molecule has 0 aliphatic rings. The Balaban J connectivity index is 2.17. The highest BCUT2D eigenvalue weighted by Gasteiger charge is 2.13. The number of aromatic nitrogens is 2. The Labute approximate surface area is 136 Å². The molecule has 3 aromatic rings. The van der Waals surface area contributed by atoms with E-state index in [0.29, 0.717) is 21.8 Å². The van der Waals surface area contributed by atoms with Crippen LogP contribution in [0.15, 0.2) is 59.6 Å². The number of anilines is 1. The van der Waals surface area contributed by atoms with Crippen molar-refractivity contribution in [3.8, 4) is 28.3 Å². The molecule has 0 spiro atoms. The van der Waals surface area contributed by atoms with Crippen molar-refractivity contribution in [1.82, 2.24) is 9.97 Å². The van der Waals surface area contributed by atoms with Crippen LogP contribution in [-0.4, -0.2) is 25.5 Å². The lowest BCUT2D eigenvalue weighted by atomic mass is 10.1. The maximum absolute atomic E-state index is 11.9. The molecule has 6 heteroatoms. The summed E-state index contributed by atoms with van der Waals surface area (Å²) in [7, 11) is -1.14. The van der Waals surface area contributed by atoms with E-state index in [1.165, 1.54) is 0 Å². The molecular weight excluding hydrogens is 310 g/mol. The maximum atomic E-state index is 11.9. The second-order valence-electron chi connectivity index (χ2n) is 4.99. The first kappa shape index (κ1) is 15.2. The van der Waals surface area contributed by atoms with E-state index < -0.39 is 10.8 Å². The van der Waals surface area contributed by atoms with E-state index in [9.17, 15) is 9.32 Å². The lowest BCUT2D eigenvalue weighted by Crippen LogP contribution is -2.00. The largest absolute Gasteiger partial charge is 0.508 e. The number of nitrogen functional groups attached to an aromatic ring is 1. The molecule has 0 radical (unpaired) electrons. The number of hydrogen-bond acceptors (Lipinski definition) is 5. The molecule has 1 atom stereocenters. The van der Waals surface area contributed by atoms with E-state index in [-0.39, 0.29) is 11.6 Å². The molecule has 0 amide bonds. The molecule has 2 aromatic carbocycles. The molecule has 116 valence electrons. The van der Waals surface area contributed by atoms with Gasteiger partial charge < -0.3 is 10.8 Å². The number of nitrogens with zero attached hydrogens (tertiary/aromatic N) is 2. The Bertz CT molecular complexity index is 897. The van der Waals surface area contributed by atoms with Crippen LogP contribution in [0.25, 0.3) is 22.5 Å². The minimum absolute atomic E-state index is 0.129. The normalized spacial score (nSPS) is 12.0. The van der Waals surface area contributed by atoms with Crippen LogP contribution < -0.4 is 5.73 Å². The molecule has 0 fully saturated rings. The molecule has 0 bridgehead atoms. The van der Waals surface area contributed by atoms with Gasteiger partial charge in [0.25, 0.3) is 0 Å². The average Bonchev–Trinajstić information content (AvgIpc) is 2.55. The predicted octanol–water partition coefficient (Wildman–Crippen LogP) is 2.84. The Kier molecular flexibility index (Phi) is 4.08. The van der Waals surface area contributed by atoms with Crippen LogP contribution in [0.3, 0.4) is 0 Å². The number of hydrogen-bond donors (Lipinski definition) is 2. The molecule has 1 aromatic heterocycles. The zero-order chi connectivity index (χ0) is 16.4. The van der Waals surface area contributed by atoms with E-state index in [1.807, 2.05) is 18.2 Å². The van der Waals surface area contributed by atoms with Gasteiger partial charge in [0.05, 0.1) is 22.7 Å². The van der Waals surface area contributed by atoms with Gasteiger partial charge >= 0.3 is 0 Å². The Morgan fingerprint density at radius 2 is 1.91 bits per heavy atom. The van der Waals surface area contributed by atoms with Crippen molar-refractivity contribution in [2.24, 2.45) is 0 Å². The van der Waals surface area contributed by atoms with Crippen molar-refractivity contribution < 1.29 is 9.32 Å². The van der Waals surface area contributed by atoms with Crippen LogP contribution in [0.2, 0.25) is 0 Å². The number of phenols is 1. The van der Waals surface area contributed by atoms with Crippen molar-refractivity contribution >= 4 is 16.6 Å². The Morgan fingerprint density at radius 1 is 1.13 bits per heavy atom. The maximum Gasteiger partial charge on any atom is 0.150 e. The van der Waals surface area contributed by atoms with Gasteiger partial charge in [-0.25, -0.2) is 9.97 Å². The molecule has 3 rings (SSSR count). The number of benzene rings is 2. The molecule has 0 saturated heterocycles. The van der Waals surface area contributed by atoms with Crippen molar-refractivity contribution in [3.05, 3.63) is 54.7 Å². The Hall–Kier alpha value is -2.73. The SMILES string of the molecule is CS(=O)c1ccccc1-c1cnc(N)c(-c2cccc(O)c2)n1. The van der Waals surface area contributed by atoms with E-state index >= 15 is 0 Å². The quantitative estimate of drug-likeness (QED) is 0.773. The van der Waals surface area contributed by atoms with Gasteiger partial charge in [-0.3, -0.25) is 4.21 Å². The van der Waals surface area contributed by atoms with E-state index in [1.54, 1.807) is 42.8 Å². The summed E-state index contributed by atoms with van der Waals surface area (Å²) < 4.78 is 11.9. The second kappa shape index (κ2) is 6.18. The van der Waals surface area contributed by atoms with Crippen molar-refractivity contribution in [3.63, 3.8) is 0 Å². The van der Waals surface area contributed by atoms with Crippen LogP contribution >= 0.6 is 0 Å². The number of aromatic hydroxyl groups is 1. The first-order valence-corrected chi connectivity index (χ1v) is 8.47. The lowest BCUT2D eigenvalue weighted by Gasteiger charge is -2.10. The molecule has 3 N–H and O–H groups in total. The van der Waals surface area contributed by atoms with Crippen LogP contribution in [0.5, 0.6) is 5.75 Å². The van der Waals surface area contributed by atoms with Gasteiger partial charge in [-0.2, -0.15) is 0 Å². The molecule has 0 aliphatic carbocycles. The second-order valence-corrected chi connectivity index (χ2v) is 6.34. The summed E-state index contributed by atoms with van der Waals surface area (Å²) in [5.41, 5.74) is 8.43. The highest BCUT2D eigenvalue weighted by atomic mass is 32.2. The van der Waals surface area contributed by atoms with Gasteiger partial charge in [-0.1, -0.05) is 30.3 Å². The highest BCUT2D eigenvalue weighted by molar-refractivity contribution is 7.84. The number of phenolic OH excluding ortho intramolecular Hbond substituents is 1. The molecule has 5 nitrogen and oxygen atoms in total. The zero-order valence-corrected chi connectivity index (χ0v) is 13.2. The molecule has 23 heavy (non-hydrogen) atoms. The zero-order valence-electron chi connectivity index (χ0n) is 12.4. The first-order valence-electron chi connectivity index (χ1n) is 6.91. The summed E-state index contributed by atoms with van der Waals surface area (Å²) in [6, 6.07) is 14.0. The minimum Gasteiger partial charge on any atom is -0.508 e. The third kappa shape index (κ3) is 3.07. The number of rotatable bonds is 3. The predicted molar refractivity (Wildman–Crippen MR) is 91.3 cm³/mol. The van der Waals surface area contributed by atoms with Gasteiger partial charge in [0.1, 0.15) is 17.3 Å². The highest BCUT2D eigenvalue weighted by Crippen LogP contribution is 2.30. The molecule has 0 saturated carbocycles.